The van der Waals surface area contributed by atoms with Crippen molar-refractivity contribution < 1.29 is 40.7 Å². The number of alkyl halides is 3. The van der Waals surface area contributed by atoms with Gasteiger partial charge in [0.2, 0.25) is 0 Å². The normalized spacial score (nSPS) is 16.3. The number of nitrogens with one attached hydrogen (secondary N) is 2. The minimum absolute atomic E-state index is 0.00891. The molecule has 42 heavy (non-hydrogen) atoms. The topological polar surface area (TPSA) is 114 Å². The van der Waals surface area contributed by atoms with E-state index in [-0.39, 0.29) is 56.5 Å². The van der Waals surface area contributed by atoms with Crippen LogP contribution in [0.25, 0.3) is 0 Å². The summed E-state index contributed by atoms with van der Waals surface area (Å²) in [6.45, 7) is 7.13. The summed E-state index contributed by atoms with van der Waals surface area (Å²) in [7, 11) is -3.64. The maximum absolute atomic E-state index is 13.3. The maximum atomic E-state index is 13.3. The molecule has 1 aliphatic rings. The summed E-state index contributed by atoms with van der Waals surface area (Å²) >= 11 is 12.4. The van der Waals surface area contributed by atoms with E-state index in [0.29, 0.717) is 19.5 Å². The van der Waals surface area contributed by atoms with Crippen molar-refractivity contribution in [1.29, 1.82) is 0 Å². The lowest BCUT2D eigenvalue weighted by molar-refractivity contribution is -0.275. The molecule has 232 valence electrons. The van der Waals surface area contributed by atoms with Gasteiger partial charge < -0.3 is 20.1 Å². The first kappa shape index (κ1) is 33.8. The number of alkyl carbamates (subject to hydrolysis) is 1. The predicted molar refractivity (Wildman–Crippen MR) is 152 cm³/mol. The van der Waals surface area contributed by atoms with Crippen LogP contribution in [0.5, 0.6) is 5.75 Å². The lowest BCUT2D eigenvalue weighted by atomic mass is 10.1. The quantitative estimate of drug-likeness (QED) is 0.356. The molecule has 0 aromatic heterocycles. The average molecular weight is 655 g/mol. The molecular weight excluding hydrogens is 622 g/mol. The van der Waals surface area contributed by atoms with Gasteiger partial charge in [-0.3, -0.25) is 9.69 Å². The molecule has 1 atom stereocenters. The molecule has 3 rings (SSSR count). The first-order valence-electron chi connectivity index (χ1n) is 13.0. The van der Waals surface area contributed by atoms with Crippen LogP contribution in [0, 0.1) is 0 Å². The molecule has 0 bridgehead atoms. The Balaban J connectivity index is 1.79. The van der Waals surface area contributed by atoms with Gasteiger partial charge in [-0.05, 0) is 63.1 Å². The van der Waals surface area contributed by atoms with Crippen LogP contribution in [0.2, 0.25) is 10.0 Å². The Morgan fingerprint density at radius 2 is 1.81 bits per heavy atom. The molecule has 0 aliphatic carbocycles. The minimum atomic E-state index is -5.07. The zero-order chi connectivity index (χ0) is 31.5. The van der Waals surface area contributed by atoms with Crippen LogP contribution < -0.4 is 15.4 Å². The Labute approximate surface area is 252 Å². The van der Waals surface area contributed by atoms with Crippen molar-refractivity contribution >= 4 is 45.0 Å². The van der Waals surface area contributed by atoms with Crippen LogP contribution in [0.4, 0.5) is 18.0 Å². The Bertz CT molecular complexity index is 1430. The van der Waals surface area contributed by atoms with Crippen LogP contribution in [-0.4, -0.2) is 62.2 Å². The minimum Gasteiger partial charge on any atom is -0.444 e. The van der Waals surface area contributed by atoms with E-state index in [2.05, 4.69) is 15.4 Å². The molecule has 1 saturated heterocycles. The summed E-state index contributed by atoms with van der Waals surface area (Å²) in [5.41, 5.74) is -0.682. The Morgan fingerprint density at radius 1 is 1.12 bits per heavy atom. The second-order valence-corrected chi connectivity index (χ2v) is 13.8. The maximum Gasteiger partial charge on any atom is 0.573 e. The highest BCUT2D eigenvalue weighted by molar-refractivity contribution is 7.91. The standard InChI is InChI=1S/C27H32Cl2F3N3O6S/c1-5-42(38,39)23-7-6-18(28)10-17(23)13-33-24(36)16-11-21(29)20(22(12-16)40-27(30,31)32)15-35-9-8-19(14-35)34-25(37)41-26(2,3)4/h6-7,10-12,19H,5,8-9,13-15H2,1-4H3,(H,33,36)(H,34,37)/t19-/m1/s1. The molecular formula is C27H32Cl2F3N3O6S. The van der Waals surface area contributed by atoms with E-state index in [1.165, 1.54) is 31.2 Å². The summed E-state index contributed by atoms with van der Waals surface area (Å²) < 4.78 is 74.4. The Morgan fingerprint density at radius 3 is 2.43 bits per heavy atom. The molecule has 15 heteroatoms. The van der Waals surface area contributed by atoms with Crippen molar-refractivity contribution in [2.75, 3.05) is 18.8 Å². The van der Waals surface area contributed by atoms with Crippen LogP contribution in [0.1, 0.15) is 55.6 Å². The molecule has 0 unspecified atom stereocenters. The second-order valence-electron chi connectivity index (χ2n) is 10.7. The van der Waals surface area contributed by atoms with Gasteiger partial charge in [0.15, 0.2) is 9.84 Å². The Kier molecular flexibility index (Phi) is 10.7. The van der Waals surface area contributed by atoms with E-state index in [4.69, 9.17) is 27.9 Å². The highest BCUT2D eigenvalue weighted by Gasteiger charge is 2.34. The van der Waals surface area contributed by atoms with E-state index < -0.39 is 39.6 Å². The number of rotatable bonds is 9. The molecule has 2 amide bonds. The van der Waals surface area contributed by atoms with Crippen molar-refractivity contribution in [3.05, 3.63) is 57.1 Å². The van der Waals surface area contributed by atoms with Gasteiger partial charge in [0.05, 0.1) is 10.6 Å². The SMILES string of the molecule is CCS(=O)(=O)c1ccc(Cl)cc1CNC(=O)c1cc(Cl)c(CN2CC[C@@H](NC(=O)OC(C)(C)C)C2)c(OC(F)(F)F)c1. The van der Waals surface area contributed by atoms with E-state index in [9.17, 15) is 31.2 Å². The summed E-state index contributed by atoms with van der Waals surface area (Å²) in [6.07, 6.45) is -5.13. The average Bonchev–Trinajstić information content (AvgIpc) is 3.28. The first-order chi connectivity index (χ1) is 19.4. The van der Waals surface area contributed by atoms with Gasteiger partial charge >= 0.3 is 12.5 Å². The number of ether oxygens (including phenoxy) is 2. The highest BCUT2D eigenvalue weighted by atomic mass is 35.5. The molecule has 2 aromatic rings. The summed E-state index contributed by atoms with van der Waals surface area (Å²) in [4.78, 5) is 26.8. The van der Waals surface area contributed by atoms with Crippen LogP contribution >= 0.6 is 23.2 Å². The van der Waals surface area contributed by atoms with Crippen molar-refractivity contribution in [3.63, 3.8) is 0 Å². The summed E-state index contributed by atoms with van der Waals surface area (Å²) in [5.74, 6) is -1.64. The van der Waals surface area contributed by atoms with Gasteiger partial charge in [0.1, 0.15) is 11.4 Å². The summed E-state index contributed by atoms with van der Waals surface area (Å²) in [5, 5.41) is 5.36. The molecule has 2 N–H and O–H groups in total. The predicted octanol–water partition coefficient (Wildman–Crippen LogP) is 5.71. The number of sulfone groups is 1. The number of hydrogen-bond acceptors (Lipinski definition) is 7. The van der Waals surface area contributed by atoms with Crippen molar-refractivity contribution in [2.24, 2.45) is 0 Å². The molecule has 0 radical (unpaired) electrons. The molecule has 1 fully saturated rings. The van der Waals surface area contributed by atoms with Gasteiger partial charge in [-0.25, -0.2) is 13.2 Å². The van der Waals surface area contributed by atoms with Gasteiger partial charge in [-0.15, -0.1) is 13.2 Å². The smallest absolute Gasteiger partial charge is 0.444 e. The molecule has 1 heterocycles. The lowest BCUT2D eigenvalue weighted by Gasteiger charge is -2.23. The van der Waals surface area contributed by atoms with Gasteiger partial charge in [-0.1, -0.05) is 30.1 Å². The third kappa shape index (κ3) is 9.65. The number of benzene rings is 2. The molecule has 0 spiro atoms. The van der Waals surface area contributed by atoms with Crippen LogP contribution in [0.15, 0.2) is 35.2 Å². The number of hydrogen-bond donors (Lipinski definition) is 2. The van der Waals surface area contributed by atoms with Crippen LogP contribution in [-0.2, 0) is 27.7 Å². The number of carbonyl (C=O) groups excluding carboxylic acids is 2. The second kappa shape index (κ2) is 13.3. The lowest BCUT2D eigenvalue weighted by Crippen LogP contribution is -2.40. The fourth-order valence-corrected chi connectivity index (χ4v) is 5.91. The zero-order valence-electron chi connectivity index (χ0n) is 23.4. The van der Waals surface area contributed by atoms with Crippen molar-refractivity contribution in [1.82, 2.24) is 15.5 Å². The van der Waals surface area contributed by atoms with Crippen molar-refractivity contribution in [2.45, 2.75) is 70.1 Å². The van der Waals surface area contributed by atoms with E-state index >= 15 is 0 Å². The summed E-state index contributed by atoms with van der Waals surface area (Å²) in [6, 6.07) is 5.98. The molecule has 9 nitrogen and oxygen atoms in total. The fraction of sp³-hybridized carbons (Fsp3) is 0.481. The monoisotopic (exact) mass is 653 g/mol. The zero-order valence-corrected chi connectivity index (χ0v) is 25.7. The highest BCUT2D eigenvalue weighted by Crippen LogP contribution is 2.35. The fourth-order valence-electron chi connectivity index (χ4n) is 4.33. The largest absolute Gasteiger partial charge is 0.573 e. The van der Waals surface area contributed by atoms with E-state index in [1.54, 1.807) is 25.7 Å². The van der Waals surface area contributed by atoms with Crippen LogP contribution in [0.3, 0.4) is 0 Å². The Hall–Kier alpha value is -2.74. The van der Waals surface area contributed by atoms with Gasteiger partial charge in [0.25, 0.3) is 5.91 Å². The number of amides is 2. The van der Waals surface area contributed by atoms with E-state index in [1.807, 2.05) is 0 Å². The van der Waals surface area contributed by atoms with E-state index in [0.717, 1.165) is 6.07 Å². The third-order valence-corrected chi connectivity index (χ3v) is 8.60. The number of likely N-dealkylation sites (tertiary alicyclic amines) is 1. The third-order valence-electron chi connectivity index (χ3n) is 6.19. The van der Waals surface area contributed by atoms with Gasteiger partial charge in [0, 0.05) is 53.4 Å². The van der Waals surface area contributed by atoms with Crippen molar-refractivity contribution in [3.8, 4) is 5.75 Å². The molecule has 0 saturated carbocycles. The molecule has 2 aromatic carbocycles. The molecule has 1 aliphatic heterocycles. The van der Waals surface area contributed by atoms with Gasteiger partial charge in [-0.2, -0.15) is 0 Å². The number of carbonyl (C=O) groups is 2. The first-order valence-corrected chi connectivity index (χ1v) is 15.4. The number of halogens is 5. The number of nitrogens with zero attached hydrogens (tertiary/aromatic N) is 1.